The lowest BCUT2D eigenvalue weighted by Gasteiger charge is -2.33. The van der Waals surface area contributed by atoms with E-state index in [0.29, 0.717) is 0 Å². The quantitative estimate of drug-likeness (QED) is 0.771. The van der Waals surface area contributed by atoms with Crippen molar-refractivity contribution < 1.29 is 31.8 Å². The number of rotatable bonds is 5. The van der Waals surface area contributed by atoms with Crippen LogP contribution in [0.15, 0.2) is 35.1 Å². The molecule has 1 aliphatic heterocycles. The first-order valence-corrected chi connectivity index (χ1v) is 7.73. The second kappa shape index (κ2) is 6.69. The van der Waals surface area contributed by atoms with Crippen molar-refractivity contribution in [2.45, 2.75) is 11.8 Å². The van der Waals surface area contributed by atoms with Crippen molar-refractivity contribution in [3.05, 3.63) is 51.9 Å². The Kier molecular flexibility index (Phi) is 4.68. The highest BCUT2D eigenvalue weighted by molar-refractivity contribution is 5.93. The van der Waals surface area contributed by atoms with Crippen LogP contribution in [0.1, 0.15) is 16.1 Å². The number of ether oxygens (including phenoxy) is 2. The number of pyridine rings is 1. The van der Waals surface area contributed by atoms with Crippen molar-refractivity contribution in [3.8, 4) is 16.9 Å². The van der Waals surface area contributed by atoms with Gasteiger partial charge in [-0.15, -0.1) is 0 Å². The predicted octanol–water partition coefficient (Wildman–Crippen LogP) is 2.28. The van der Waals surface area contributed by atoms with Crippen molar-refractivity contribution in [3.63, 3.8) is 0 Å². The van der Waals surface area contributed by atoms with Gasteiger partial charge in [-0.3, -0.25) is 9.59 Å². The van der Waals surface area contributed by atoms with Crippen LogP contribution >= 0.6 is 0 Å². The maximum absolute atomic E-state index is 13.8. The number of alkyl halides is 4. The molecule has 1 aromatic carbocycles. The first-order chi connectivity index (χ1) is 12.6. The lowest BCUT2D eigenvalue weighted by molar-refractivity contribution is -0.146. The molecular weight excluding hydrogens is 372 g/mol. The van der Waals surface area contributed by atoms with E-state index >= 15 is 0 Å². The highest BCUT2D eigenvalue weighted by atomic mass is 19.4. The molecule has 3 rings (SSSR count). The summed E-state index contributed by atoms with van der Waals surface area (Å²) >= 11 is 0. The number of carbonyl (C=O) groups excluding carboxylic acids is 1. The number of nitrogens with two attached hydrogens (primary N) is 1. The summed E-state index contributed by atoms with van der Waals surface area (Å²) in [6.07, 6.45) is -4.86. The van der Waals surface area contributed by atoms with E-state index < -0.39 is 40.1 Å². The van der Waals surface area contributed by atoms with Gasteiger partial charge < -0.3 is 20.2 Å². The number of aromatic amines is 1. The molecule has 0 unspecified atom stereocenters. The zero-order valence-corrected chi connectivity index (χ0v) is 13.7. The van der Waals surface area contributed by atoms with Crippen molar-refractivity contribution in [1.82, 2.24) is 4.98 Å². The number of carbonyl (C=O) groups is 1. The summed E-state index contributed by atoms with van der Waals surface area (Å²) in [5, 5.41) is 0. The molecule has 0 bridgehead atoms. The number of H-pyrrole nitrogens is 1. The van der Waals surface area contributed by atoms with Gasteiger partial charge in [0.05, 0.1) is 13.2 Å². The third-order valence-electron chi connectivity index (χ3n) is 3.97. The predicted molar refractivity (Wildman–Crippen MR) is 86.2 cm³/mol. The Hall–Kier alpha value is -2.88. The van der Waals surface area contributed by atoms with E-state index in [2.05, 4.69) is 0 Å². The van der Waals surface area contributed by atoms with E-state index in [0.717, 1.165) is 6.07 Å². The molecule has 27 heavy (non-hydrogen) atoms. The van der Waals surface area contributed by atoms with E-state index in [4.69, 9.17) is 15.2 Å². The third kappa shape index (κ3) is 3.95. The van der Waals surface area contributed by atoms with Gasteiger partial charge in [-0.05, 0) is 23.8 Å². The van der Waals surface area contributed by atoms with E-state index in [9.17, 15) is 27.2 Å². The standard InChI is InChI=1S/C17H14F4N2O4/c18-16(6-26-7-16)8-27-10-3-1-9(2-4-10)11-5-12(14(22)24)15(25)23-13(11)17(19,20)21/h1-5H,6-8H2,(H2,22,24)(H,23,25). The van der Waals surface area contributed by atoms with Gasteiger partial charge >= 0.3 is 6.18 Å². The number of aromatic nitrogens is 1. The summed E-state index contributed by atoms with van der Waals surface area (Å²) in [5.41, 5.74) is -0.0158. The molecule has 3 N–H and O–H groups in total. The molecule has 10 heteroatoms. The van der Waals surface area contributed by atoms with Gasteiger partial charge in [-0.25, -0.2) is 4.39 Å². The molecule has 0 aliphatic carbocycles. The van der Waals surface area contributed by atoms with Gasteiger partial charge in [0.1, 0.15) is 23.6 Å². The smallest absolute Gasteiger partial charge is 0.431 e. The zero-order chi connectivity index (χ0) is 19.8. The van der Waals surface area contributed by atoms with Crippen LogP contribution in [0.5, 0.6) is 5.75 Å². The van der Waals surface area contributed by atoms with Gasteiger partial charge in [0.2, 0.25) is 0 Å². The number of nitrogens with one attached hydrogen (secondary N) is 1. The number of benzene rings is 1. The molecule has 1 amide bonds. The molecular formula is C17H14F4N2O4. The number of hydrogen-bond donors (Lipinski definition) is 2. The van der Waals surface area contributed by atoms with Crippen molar-refractivity contribution in [1.29, 1.82) is 0 Å². The Morgan fingerprint density at radius 2 is 1.89 bits per heavy atom. The van der Waals surface area contributed by atoms with Crippen LogP contribution in [0.2, 0.25) is 0 Å². The van der Waals surface area contributed by atoms with Gasteiger partial charge in [-0.1, -0.05) is 12.1 Å². The molecule has 2 aromatic rings. The Morgan fingerprint density at radius 3 is 2.37 bits per heavy atom. The summed E-state index contributed by atoms with van der Waals surface area (Å²) in [4.78, 5) is 24.6. The fraction of sp³-hybridized carbons (Fsp3) is 0.294. The Bertz CT molecular complexity index is 918. The summed E-state index contributed by atoms with van der Waals surface area (Å²) in [7, 11) is 0. The highest BCUT2D eigenvalue weighted by Gasteiger charge is 2.40. The summed E-state index contributed by atoms with van der Waals surface area (Å²) in [5.74, 6) is -0.905. The van der Waals surface area contributed by atoms with Crippen LogP contribution in [0.4, 0.5) is 17.6 Å². The van der Waals surface area contributed by atoms with Crippen LogP contribution in [-0.4, -0.2) is 36.4 Å². The van der Waals surface area contributed by atoms with Gasteiger partial charge in [0.15, 0.2) is 5.67 Å². The lowest BCUT2D eigenvalue weighted by Crippen LogP contribution is -2.50. The summed E-state index contributed by atoms with van der Waals surface area (Å²) in [6.45, 7) is -0.398. The van der Waals surface area contributed by atoms with E-state index in [1.54, 1.807) is 4.98 Å². The Labute approximate surface area is 149 Å². The third-order valence-corrected chi connectivity index (χ3v) is 3.97. The first kappa shape index (κ1) is 18.9. The van der Waals surface area contributed by atoms with Gasteiger partial charge in [0.25, 0.3) is 11.5 Å². The zero-order valence-electron chi connectivity index (χ0n) is 13.7. The largest absolute Gasteiger partial charge is 0.490 e. The minimum absolute atomic E-state index is 0.0652. The lowest BCUT2D eigenvalue weighted by atomic mass is 10.0. The molecule has 144 valence electrons. The molecule has 1 aliphatic rings. The maximum atomic E-state index is 13.8. The Morgan fingerprint density at radius 1 is 1.26 bits per heavy atom. The van der Waals surface area contributed by atoms with Crippen LogP contribution in [0.3, 0.4) is 0 Å². The molecule has 0 spiro atoms. The van der Waals surface area contributed by atoms with E-state index in [1.165, 1.54) is 24.3 Å². The number of hydrogen-bond acceptors (Lipinski definition) is 4. The number of primary amides is 1. The van der Waals surface area contributed by atoms with Crippen LogP contribution in [0.25, 0.3) is 11.1 Å². The summed E-state index contributed by atoms with van der Waals surface area (Å²) in [6, 6.07) is 6.10. The topological polar surface area (TPSA) is 94.4 Å². The second-order valence-electron chi connectivity index (χ2n) is 6.12. The number of halogens is 4. The van der Waals surface area contributed by atoms with Crippen molar-refractivity contribution in [2.24, 2.45) is 5.73 Å². The van der Waals surface area contributed by atoms with E-state index in [1.807, 2.05) is 0 Å². The Balaban J connectivity index is 1.93. The number of amides is 1. The van der Waals surface area contributed by atoms with E-state index in [-0.39, 0.29) is 31.1 Å². The molecule has 6 nitrogen and oxygen atoms in total. The molecule has 0 radical (unpaired) electrons. The van der Waals surface area contributed by atoms with Crippen molar-refractivity contribution >= 4 is 5.91 Å². The molecule has 0 atom stereocenters. The highest BCUT2D eigenvalue weighted by Crippen LogP contribution is 2.36. The first-order valence-electron chi connectivity index (χ1n) is 7.73. The molecule has 0 saturated carbocycles. The monoisotopic (exact) mass is 386 g/mol. The fourth-order valence-corrected chi connectivity index (χ4v) is 2.51. The molecule has 1 aromatic heterocycles. The fourth-order valence-electron chi connectivity index (χ4n) is 2.51. The second-order valence-corrected chi connectivity index (χ2v) is 6.12. The molecule has 1 fully saturated rings. The molecule has 1 saturated heterocycles. The SMILES string of the molecule is NC(=O)c1cc(-c2ccc(OCC3(F)COC3)cc2)c(C(F)(F)F)[nH]c1=O. The summed E-state index contributed by atoms with van der Waals surface area (Å²) < 4.78 is 63.6. The maximum Gasteiger partial charge on any atom is 0.431 e. The van der Waals surface area contributed by atoms with Crippen LogP contribution in [-0.2, 0) is 10.9 Å². The van der Waals surface area contributed by atoms with Gasteiger partial charge in [0, 0.05) is 5.56 Å². The van der Waals surface area contributed by atoms with Crippen LogP contribution in [0, 0.1) is 0 Å². The minimum atomic E-state index is -4.86. The minimum Gasteiger partial charge on any atom is -0.490 e. The van der Waals surface area contributed by atoms with Crippen LogP contribution < -0.4 is 16.0 Å². The molecule has 2 heterocycles. The van der Waals surface area contributed by atoms with Gasteiger partial charge in [-0.2, -0.15) is 13.2 Å². The average molecular weight is 386 g/mol. The normalized spacial score (nSPS) is 15.9. The van der Waals surface area contributed by atoms with Crippen molar-refractivity contribution in [2.75, 3.05) is 19.8 Å². The average Bonchev–Trinajstić information content (AvgIpc) is 2.57.